The van der Waals surface area contributed by atoms with Crippen LogP contribution in [0.4, 0.5) is 0 Å². The molecule has 0 amide bonds. The lowest BCUT2D eigenvalue weighted by Gasteiger charge is -2.44. The number of nitrogens with one attached hydrogen (secondary N) is 2. The standard InChI is InChI=1S/C12H23N3O5/c1-3-12(13-2,11(16)17)10(9-7-14-8-9)5-4-6-20-15(18)19/h9-10,13-14H,3-8H2,1-2H3,(H,16,17). The van der Waals surface area contributed by atoms with E-state index in [0.717, 1.165) is 13.1 Å². The molecule has 0 aromatic heterocycles. The Labute approximate surface area is 118 Å². The van der Waals surface area contributed by atoms with Crippen LogP contribution in [0.1, 0.15) is 26.2 Å². The molecule has 1 heterocycles. The summed E-state index contributed by atoms with van der Waals surface area (Å²) >= 11 is 0. The fraction of sp³-hybridized carbons (Fsp3) is 0.917. The maximum absolute atomic E-state index is 11.7. The van der Waals surface area contributed by atoms with Gasteiger partial charge >= 0.3 is 5.97 Å². The van der Waals surface area contributed by atoms with Crippen molar-refractivity contribution < 1.29 is 19.8 Å². The Balaban J connectivity index is 2.71. The Morgan fingerprint density at radius 1 is 1.65 bits per heavy atom. The normalized spacial score (nSPS) is 19.7. The van der Waals surface area contributed by atoms with E-state index in [9.17, 15) is 20.0 Å². The number of carboxylic acid groups (broad SMARTS) is 1. The molecular formula is C12H23N3O5. The fourth-order valence-corrected chi connectivity index (χ4v) is 2.96. The Morgan fingerprint density at radius 3 is 2.65 bits per heavy atom. The molecule has 0 bridgehead atoms. The highest BCUT2D eigenvalue weighted by atomic mass is 16.9. The lowest BCUT2D eigenvalue weighted by molar-refractivity contribution is -0.757. The fourth-order valence-electron chi connectivity index (χ4n) is 2.96. The minimum atomic E-state index is -0.985. The quantitative estimate of drug-likeness (QED) is 0.300. The van der Waals surface area contributed by atoms with Crippen LogP contribution in [-0.4, -0.2) is 48.4 Å². The second-order valence-corrected chi connectivity index (χ2v) is 5.10. The molecule has 116 valence electrons. The average Bonchev–Trinajstić information content (AvgIpc) is 2.33. The number of hydrogen-bond donors (Lipinski definition) is 3. The monoisotopic (exact) mass is 289 g/mol. The van der Waals surface area contributed by atoms with Gasteiger partial charge in [-0.1, -0.05) is 6.92 Å². The minimum absolute atomic E-state index is 0.00672. The first-order chi connectivity index (χ1) is 9.47. The van der Waals surface area contributed by atoms with E-state index in [1.54, 1.807) is 7.05 Å². The van der Waals surface area contributed by atoms with Crippen LogP contribution in [0.3, 0.4) is 0 Å². The topological polar surface area (TPSA) is 114 Å². The van der Waals surface area contributed by atoms with Gasteiger partial charge in [0.1, 0.15) is 5.54 Å². The van der Waals surface area contributed by atoms with Gasteiger partial charge in [0.25, 0.3) is 5.09 Å². The van der Waals surface area contributed by atoms with Crippen molar-refractivity contribution in [2.45, 2.75) is 31.7 Å². The van der Waals surface area contributed by atoms with E-state index < -0.39 is 16.6 Å². The molecule has 2 atom stereocenters. The summed E-state index contributed by atoms with van der Waals surface area (Å²) in [6.45, 7) is 3.43. The van der Waals surface area contributed by atoms with Gasteiger partial charge in [0.15, 0.2) is 0 Å². The molecule has 8 heteroatoms. The van der Waals surface area contributed by atoms with E-state index >= 15 is 0 Å². The Hall–Kier alpha value is -1.41. The first-order valence-corrected chi connectivity index (χ1v) is 6.88. The summed E-state index contributed by atoms with van der Waals surface area (Å²) in [5.74, 6) is -0.671. The highest BCUT2D eigenvalue weighted by Crippen LogP contribution is 2.34. The van der Waals surface area contributed by atoms with Gasteiger partial charge in [0, 0.05) is 0 Å². The van der Waals surface area contributed by atoms with E-state index in [-0.39, 0.29) is 18.4 Å². The van der Waals surface area contributed by atoms with Crippen molar-refractivity contribution in [2.24, 2.45) is 11.8 Å². The molecule has 0 aliphatic carbocycles. The zero-order valence-electron chi connectivity index (χ0n) is 11.9. The van der Waals surface area contributed by atoms with Crippen LogP contribution in [0.2, 0.25) is 0 Å². The molecule has 0 aromatic rings. The van der Waals surface area contributed by atoms with Crippen molar-refractivity contribution in [3.63, 3.8) is 0 Å². The van der Waals surface area contributed by atoms with Crippen LogP contribution in [0.15, 0.2) is 0 Å². The van der Waals surface area contributed by atoms with E-state index in [4.69, 9.17) is 0 Å². The third-order valence-electron chi connectivity index (χ3n) is 4.26. The van der Waals surface area contributed by atoms with Gasteiger partial charge in [0.05, 0.1) is 6.61 Å². The number of carboxylic acids is 1. The molecule has 8 nitrogen and oxygen atoms in total. The van der Waals surface area contributed by atoms with Gasteiger partial charge in [-0.25, -0.2) is 0 Å². The molecule has 20 heavy (non-hydrogen) atoms. The van der Waals surface area contributed by atoms with E-state index in [2.05, 4.69) is 15.5 Å². The summed E-state index contributed by atoms with van der Waals surface area (Å²) in [7, 11) is 1.66. The second-order valence-electron chi connectivity index (χ2n) is 5.10. The largest absolute Gasteiger partial charge is 0.480 e. The van der Waals surface area contributed by atoms with Gasteiger partial charge in [-0.05, 0) is 51.2 Å². The molecule has 0 spiro atoms. The van der Waals surface area contributed by atoms with Crippen molar-refractivity contribution in [1.29, 1.82) is 0 Å². The van der Waals surface area contributed by atoms with Gasteiger partial charge < -0.3 is 20.6 Å². The predicted molar refractivity (Wildman–Crippen MR) is 71.7 cm³/mol. The molecule has 0 aromatic carbocycles. The number of likely N-dealkylation sites (N-methyl/N-ethyl adjacent to an activating group) is 1. The third kappa shape index (κ3) is 3.57. The van der Waals surface area contributed by atoms with Crippen LogP contribution in [0, 0.1) is 22.0 Å². The third-order valence-corrected chi connectivity index (χ3v) is 4.26. The van der Waals surface area contributed by atoms with Crippen molar-refractivity contribution in [3.05, 3.63) is 10.1 Å². The summed E-state index contributed by atoms with van der Waals surface area (Å²) in [4.78, 5) is 26.1. The smallest absolute Gasteiger partial charge is 0.324 e. The summed E-state index contributed by atoms with van der Waals surface area (Å²) < 4.78 is 0. The van der Waals surface area contributed by atoms with E-state index in [1.807, 2.05) is 6.92 Å². The lowest BCUT2D eigenvalue weighted by atomic mass is 9.69. The lowest BCUT2D eigenvalue weighted by Crippen LogP contribution is -2.62. The van der Waals surface area contributed by atoms with Gasteiger partial charge in [-0.15, -0.1) is 10.1 Å². The van der Waals surface area contributed by atoms with Crippen LogP contribution in [0.25, 0.3) is 0 Å². The highest BCUT2D eigenvalue weighted by molar-refractivity contribution is 5.79. The minimum Gasteiger partial charge on any atom is -0.480 e. The predicted octanol–water partition coefficient (Wildman–Crippen LogP) is 0.263. The molecule has 1 aliphatic rings. The molecule has 1 rings (SSSR count). The molecule has 0 saturated carbocycles. The maximum atomic E-state index is 11.7. The summed E-state index contributed by atoms with van der Waals surface area (Å²) in [5, 5.41) is 25.0. The summed E-state index contributed by atoms with van der Waals surface area (Å²) in [6, 6.07) is 0. The first kappa shape index (κ1) is 16.6. The summed E-state index contributed by atoms with van der Waals surface area (Å²) in [6.07, 6.45) is 1.52. The van der Waals surface area contributed by atoms with Crippen molar-refractivity contribution in [3.8, 4) is 0 Å². The van der Waals surface area contributed by atoms with Gasteiger partial charge in [-0.2, -0.15) is 0 Å². The average molecular weight is 289 g/mol. The molecule has 1 aliphatic heterocycles. The van der Waals surface area contributed by atoms with Crippen molar-refractivity contribution in [2.75, 3.05) is 26.7 Å². The number of aliphatic carboxylic acids is 1. The van der Waals surface area contributed by atoms with Crippen molar-refractivity contribution >= 4 is 5.97 Å². The van der Waals surface area contributed by atoms with Crippen LogP contribution in [-0.2, 0) is 9.63 Å². The maximum Gasteiger partial charge on any atom is 0.324 e. The van der Waals surface area contributed by atoms with Crippen LogP contribution < -0.4 is 10.6 Å². The van der Waals surface area contributed by atoms with Crippen LogP contribution >= 0.6 is 0 Å². The van der Waals surface area contributed by atoms with Crippen LogP contribution in [0.5, 0.6) is 0 Å². The number of hydrogen-bond acceptors (Lipinski definition) is 6. The number of carbonyl (C=O) groups is 1. The molecular weight excluding hydrogens is 266 g/mol. The number of rotatable bonds is 10. The Bertz CT molecular complexity index is 342. The molecule has 3 N–H and O–H groups in total. The zero-order chi connectivity index (χ0) is 15.2. The molecule has 1 saturated heterocycles. The molecule has 2 unspecified atom stereocenters. The SMILES string of the molecule is CCC(NC)(C(=O)O)C(CCCO[N+](=O)[O-])C1CNC1. The van der Waals surface area contributed by atoms with E-state index in [0.29, 0.717) is 19.3 Å². The molecule has 0 radical (unpaired) electrons. The zero-order valence-corrected chi connectivity index (χ0v) is 11.9. The van der Waals surface area contributed by atoms with Gasteiger partial charge in [-0.3, -0.25) is 4.79 Å². The Kier molecular flexibility index (Phi) is 6.15. The van der Waals surface area contributed by atoms with E-state index in [1.165, 1.54) is 0 Å². The summed E-state index contributed by atoms with van der Waals surface area (Å²) in [5.41, 5.74) is -0.985. The number of nitrogens with zero attached hydrogens (tertiary/aromatic N) is 1. The first-order valence-electron chi connectivity index (χ1n) is 6.88. The highest BCUT2D eigenvalue weighted by Gasteiger charge is 2.47. The second kappa shape index (κ2) is 7.39. The van der Waals surface area contributed by atoms with Crippen molar-refractivity contribution in [1.82, 2.24) is 10.6 Å². The Morgan fingerprint density at radius 2 is 2.30 bits per heavy atom. The molecule has 1 fully saturated rings. The van der Waals surface area contributed by atoms with Gasteiger partial charge in [0.2, 0.25) is 0 Å².